The van der Waals surface area contributed by atoms with E-state index >= 15 is 0 Å². The number of amides is 4. The lowest BCUT2D eigenvalue weighted by Crippen LogP contribution is -2.61. The Morgan fingerprint density at radius 1 is 0.854 bits per heavy atom. The van der Waals surface area contributed by atoms with Crippen LogP contribution in [-0.2, 0) is 19.2 Å². The number of piperidine rings is 1. The van der Waals surface area contributed by atoms with Crippen molar-refractivity contribution in [2.75, 3.05) is 6.54 Å². The molecule has 228 valence electrons. The summed E-state index contributed by atoms with van der Waals surface area (Å²) in [6.45, 7) is 8.05. The zero-order valence-corrected chi connectivity index (χ0v) is 25.4. The summed E-state index contributed by atoms with van der Waals surface area (Å²) in [5.74, 6) is -1.12. The van der Waals surface area contributed by atoms with Crippen LogP contribution in [0.5, 0.6) is 0 Å². The number of rotatable bonds is 10. The second-order valence-electron chi connectivity index (χ2n) is 14.6. The van der Waals surface area contributed by atoms with Crippen LogP contribution < -0.4 is 16.0 Å². The van der Waals surface area contributed by atoms with E-state index in [0.29, 0.717) is 18.9 Å². The normalized spacial score (nSPS) is 30.0. The Hall–Kier alpha value is -2.45. The average Bonchev–Trinajstić information content (AvgIpc) is 3.78. The third-order valence-corrected chi connectivity index (χ3v) is 11.1. The number of nitrogens with one attached hydrogen (secondary N) is 3. The molecule has 3 N–H and O–H groups in total. The van der Waals surface area contributed by atoms with Crippen LogP contribution in [0.4, 0.5) is 4.79 Å². The molecule has 4 aliphatic carbocycles. The molecular formula is C32H50N4O5. The van der Waals surface area contributed by atoms with Crippen LogP contribution >= 0.6 is 0 Å². The van der Waals surface area contributed by atoms with Crippen LogP contribution in [0.3, 0.4) is 0 Å². The molecule has 5 fully saturated rings. The minimum Gasteiger partial charge on any atom is -0.344 e. The number of fused-ring (bicyclic) bond motifs is 1. The van der Waals surface area contributed by atoms with Gasteiger partial charge in [-0.2, -0.15) is 0 Å². The molecule has 41 heavy (non-hydrogen) atoms. The largest absolute Gasteiger partial charge is 0.344 e. The van der Waals surface area contributed by atoms with Crippen LogP contribution in [0.15, 0.2) is 0 Å². The number of ketones is 2. The first-order valence-electron chi connectivity index (χ1n) is 16.2. The molecule has 0 spiro atoms. The fourth-order valence-electron chi connectivity index (χ4n) is 8.17. The molecule has 1 saturated heterocycles. The minimum absolute atomic E-state index is 0.0116. The van der Waals surface area contributed by atoms with E-state index in [1.165, 1.54) is 13.3 Å². The molecule has 0 aromatic carbocycles. The van der Waals surface area contributed by atoms with Crippen molar-refractivity contribution in [1.82, 2.24) is 20.9 Å². The number of carbonyl (C=O) groups excluding carboxylic acids is 5. The average molecular weight is 571 g/mol. The highest BCUT2D eigenvalue weighted by molar-refractivity contribution is 6.38. The number of Topliss-reactive ketones (excluding diaryl/α,β-unsaturated/α-hetero) is 2. The fourth-order valence-corrected chi connectivity index (χ4v) is 8.17. The summed E-state index contributed by atoms with van der Waals surface area (Å²) in [6, 6.07) is -2.56. The Morgan fingerprint density at radius 3 is 2.10 bits per heavy atom. The Morgan fingerprint density at radius 2 is 1.49 bits per heavy atom. The number of hydrogen-bond donors (Lipinski definition) is 3. The van der Waals surface area contributed by atoms with E-state index in [1.807, 2.05) is 0 Å². The Bertz CT molecular complexity index is 1060. The summed E-state index contributed by atoms with van der Waals surface area (Å²) in [4.78, 5) is 67.9. The van der Waals surface area contributed by atoms with Gasteiger partial charge in [-0.3, -0.25) is 19.2 Å². The van der Waals surface area contributed by atoms with Gasteiger partial charge in [-0.15, -0.1) is 0 Å². The maximum atomic E-state index is 14.3. The van der Waals surface area contributed by atoms with Gasteiger partial charge in [0, 0.05) is 19.0 Å². The first-order valence-corrected chi connectivity index (χ1v) is 16.2. The van der Waals surface area contributed by atoms with Crippen molar-refractivity contribution >= 4 is 29.4 Å². The maximum Gasteiger partial charge on any atom is 0.315 e. The van der Waals surface area contributed by atoms with Crippen molar-refractivity contribution in [3.8, 4) is 0 Å². The van der Waals surface area contributed by atoms with Crippen LogP contribution in [0.25, 0.3) is 0 Å². The van der Waals surface area contributed by atoms with Crippen molar-refractivity contribution in [3.63, 3.8) is 0 Å². The lowest BCUT2D eigenvalue weighted by Gasteiger charge is -2.39. The highest BCUT2D eigenvalue weighted by atomic mass is 16.2. The molecule has 9 nitrogen and oxygen atoms in total. The molecule has 1 aliphatic heterocycles. The van der Waals surface area contributed by atoms with Crippen LogP contribution in [0, 0.1) is 29.1 Å². The van der Waals surface area contributed by atoms with Crippen molar-refractivity contribution in [3.05, 3.63) is 0 Å². The molecule has 5 atom stereocenters. The third-order valence-electron chi connectivity index (χ3n) is 11.1. The molecule has 1 heterocycles. The topological polar surface area (TPSA) is 125 Å². The van der Waals surface area contributed by atoms with E-state index < -0.39 is 29.7 Å². The molecule has 9 heteroatoms. The first kappa shape index (κ1) is 30.0. The zero-order chi connectivity index (χ0) is 29.5. The summed E-state index contributed by atoms with van der Waals surface area (Å²) in [7, 11) is 0. The number of carbonyl (C=O) groups is 5. The molecule has 0 aromatic rings. The molecule has 5 aliphatic rings. The Balaban J connectivity index is 1.34. The van der Waals surface area contributed by atoms with E-state index in [9.17, 15) is 24.0 Å². The molecule has 4 amide bonds. The summed E-state index contributed by atoms with van der Waals surface area (Å²) in [6.07, 6.45) is 12.6. The van der Waals surface area contributed by atoms with Gasteiger partial charge in [-0.25, -0.2) is 4.79 Å². The van der Waals surface area contributed by atoms with Crippen molar-refractivity contribution < 1.29 is 24.0 Å². The number of urea groups is 1. The molecule has 0 radical (unpaired) electrons. The first-order chi connectivity index (χ1) is 19.4. The zero-order valence-electron chi connectivity index (χ0n) is 25.4. The standard InChI is InChI=1S/C32H50N4O5/c1-19(37)27(38)23(17-20-13-14-20)33-28(39)26-24-22(31(24,2)3)18-36(26)29(40)25(21-11-7-5-8-12-21)34-30(41)35-32(4)15-9-6-10-16-32/h20-26H,5-18H2,1-4H3,(H,33,39)(H2,34,35,41)/t22-,23-,24-,25-,26-/m0/s1. The third kappa shape index (κ3) is 6.48. The molecule has 0 aromatic heterocycles. The van der Waals surface area contributed by atoms with Gasteiger partial charge in [-0.1, -0.05) is 65.2 Å². The van der Waals surface area contributed by atoms with E-state index in [2.05, 4.69) is 36.7 Å². The van der Waals surface area contributed by atoms with Gasteiger partial charge in [0.15, 0.2) is 5.78 Å². The van der Waals surface area contributed by atoms with Gasteiger partial charge in [-0.05, 0) is 68.1 Å². The summed E-state index contributed by atoms with van der Waals surface area (Å²) >= 11 is 0. The highest BCUT2D eigenvalue weighted by Gasteiger charge is 2.69. The highest BCUT2D eigenvalue weighted by Crippen LogP contribution is 2.65. The number of nitrogens with zero attached hydrogens (tertiary/aromatic N) is 1. The predicted molar refractivity (Wildman–Crippen MR) is 155 cm³/mol. The predicted octanol–water partition coefficient (Wildman–Crippen LogP) is 3.88. The van der Waals surface area contributed by atoms with E-state index in [4.69, 9.17) is 0 Å². The summed E-state index contributed by atoms with van der Waals surface area (Å²) in [5.41, 5.74) is -0.361. The molecule has 0 bridgehead atoms. The van der Waals surface area contributed by atoms with Crippen LogP contribution in [0.1, 0.15) is 111 Å². The van der Waals surface area contributed by atoms with Gasteiger partial charge < -0.3 is 20.9 Å². The quantitative estimate of drug-likeness (QED) is 0.344. The smallest absolute Gasteiger partial charge is 0.315 e. The summed E-state index contributed by atoms with van der Waals surface area (Å²) in [5, 5.41) is 9.17. The molecular weight excluding hydrogens is 520 g/mol. The molecule has 0 unspecified atom stereocenters. The van der Waals surface area contributed by atoms with Gasteiger partial charge in [0.1, 0.15) is 12.1 Å². The second-order valence-corrected chi connectivity index (χ2v) is 14.6. The monoisotopic (exact) mass is 570 g/mol. The van der Waals surface area contributed by atoms with Gasteiger partial charge in [0.05, 0.1) is 6.04 Å². The Labute approximate surface area is 244 Å². The van der Waals surface area contributed by atoms with Gasteiger partial charge in [0.2, 0.25) is 17.6 Å². The minimum atomic E-state index is -0.848. The lowest BCUT2D eigenvalue weighted by molar-refractivity contribution is -0.144. The van der Waals surface area contributed by atoms with Crippen molar-refractivity contribution in [1.29, 1.82) is 0 Å². The van der Waals surface area contributed by atoms with Crippen molar-refractivity contribution in [2.45, 2.75) is 135 Å². The molecule has 5 rings (SSSR count). The van der Waals surface area contributed by atoms with Gasteiger partial charge >= 0.3 is 6.03 Å². The molecule has 4 saturated carbocycles. The van der Waals surface area contributed by atoms with E-state index in [0.717, 1.165) is 70.6 Å². The number of hydrogen-bond acceptors (Lipinski definition) is 5. The SMILES string of the molecule is CC(=O)C(=O)[C@H](CC1CC1)NC(=O)[C@@H]1[C@@H]2[C@H](CN1C(=O)[C@@H](NC(=O)NC1(C)CCCCC1)C1CCCCC1)C2(C)C. The second kappa shape index (κ2) is 11.7. The Kier molecular flexibility index (Phi) is 8.55. The number of likely N-dealkylation sites (tertiary alicyclic amines) is 1. The van der Waals surface area contributed by atoms with E-state index in [-0.39, 0.29) is 46.6 Å². The van der Waals surface area contributed by atoms with E-state index in [1.54, 1.807) is 4.90 Å². The van der Waals surface area contributed by atoms with Crippen molar-refractivity contribution in [2.24, 2.45) is 29.1 Å². The summed E-state index contributed by atoms with van der Waals surface area (Å²) < 4.78 is 0. The fraction of sp³-hybridized carbons (Fsp3) is 0.844. The van der Waals surface area contributed by atoms with Crippen LogP contribution in [0.2, 0.25) is 0 Å². The van der Waals surface area contributed by atoms with Gasteiger partial charge in [0.25, 0.3) is 0 Å². The maximum absolute atomic E-state index is 14.3. The lowest BCUT2D eigenvalue weighted by atomic mass is 9.82. The van der Waals surface area contributed by atoms with Crippen LogP contribution in [-0.4, -0.2) is 64.5 Å².